The largest absolute Gasteiger partial charge is 0.492 e. The second-order valence-electron chi connectivity index (χ2n) is 11.6. The molecular formula is C35H36ClN7O4S2. The number of thioether (sulfide) groups is 1. The van der Waals surface area contributed by atoms with Gasteiger partial charge < -0.3 is 30.7 Å². The number of amides is 1. The van der Waals surface area contributed by atoms with Crippen molar-refractivity contribution in [2.45, 2.75) is 49.4 Å². The molecule has 14 heteroatoms. The highest BCUT2D eigenvalue weighted by Crippen LogP contribution is 2.47. The van der Waals surface area contributed by atoms with Crippen molar-refractivity contribution in [3.63, 3.8) is 0 Å². The van der Waals surface area contributed by atoms with Crippen LogP contribution in [0.4, 0.5) is 0 Å². The molecule has 5 rings (SSSR count). The van der Waals surface area contributed by atoms with Crippen molar-refractivity contribution in [3.8, 4) is 28.5 Å². The molecule has 2 aliphatic rings. The molecule has 11 nitrogen and oxygen atoms in total. The maximum atomic E-state index is 12.2. The van der Waals surface area contributed by atoms with Gasteiger partial charge in [-0.3, -0.25) is 9.59 Å². The zero-order valence-electron chi connectivity index (χ0n) is 27.0. The Morgan fingerprint density at radius 2 is 1.84 bits per heavy atom. The van der Waals surface area contributed by atoms with Crippen LogP contribution in [-0.2, 0) is 20.2 Å². The Bertz CT molecular complexity index is 1810. The second kappa shape index (κ2) is 16.2. The lowest BCUT2D eigenvalue weighted by Crippen LogP contribution is -2.48. The Kier molecular flexibility index (Phi) is 11.9. The number of rotatable bonds is 14. The summed E-state index contributed by atoms with van der Waals surface area (Å²) in [6.45, 7) is 5.32. The molecule has 0 saturated carbocycles. The van der Waals surface area contributed by atoms with E-state index in [1.165, 1.54) is 18.7 Å². The van der Waals surface area contributed by atoms with Crippen molar-refractivity contribution in [3.05, 3.63) is 93.2 Å². The fourth-order valence-electron chi connectivity index (χ4n) is 5.43. The van der Waals surface area contributed by atoms with Crippen LogP contribution in [-0.4, -0.2) is 65.2 Å². The number of carbonyl (C=O) groups excluding carboxylic acids is 1. The summed E-state index contributed by atoms with van der Waals surface area (Å²) in [5.41, 5.74) is 3.50. The molecular weight excluding hydrogens is 682 g/mol. The molecule has 1 saturated heterocycles. The molecule has 3 aromatic rings. The number of nitrogens with one attached hydrogen (secondary N) is 3. The SMILES string of the molecule is C[C@H](NC(=O)[C@H](C)NCCOc1ccc(C2(SCc3csc(-c4ccc(Cl)cc4)n3)NC(N3CCCC3)=C(C#N)C=C2C#N)cc1)C(=O)O. The van der Waals surface area contributed by atoms with Gasteiger partial charge in [-0.15, -0.1) is 23.1 Å². The van der Waals surface area contributed by atoms with E-state index in [4.69, 9.17) is 26.4 Å². The van der Waals surface area contributed by atoms with Gasteiger partial charge in [-0.05, 0) is 62.6 Å². The Morgan fingerprint density at radius 1 is 1.12 bits per heavy atom. The number of ether oxygens (including phenoxy) is 1. The quantitative estimate of drug-likeness (QED) is 0.158. The minimum Gasteiger partial charge on any atom is -0.492 e. The number of carboxylic acids is 1. The monoisotopic (exact) mass is 717 g/mol. The van der Waals surface area contributed by atoms with E-state index in [0.29, 0.717) is 40.0 Å². The molecule has 1 unspecified atom stereocenters. The van der Waals surface area contributed by atoms with Crippen molar-refractivity contribution >= 4 is 46.6 Å². The van der Waals surface area contributed by atoms with Crippen LogP contribution in [0.25, 0.3) is 10.6 Å². The molecule has 2 aromatic carbocycles. The number of thiazole rings is 1. The number of benzene rings is 2. The first-order chi connectivity index (χ1) is 23.6. The Hall–Kier alpha value is -4.53. The number of hydrogen-bond donors (Lipinski definition) is 4. The van der Waals surface area contributed by atoms with Crippen molar-refractivity contribution in [2.75, 3.05) is 26.2 Å². The standard InChI is InChI=1S/C35H36ClN7O4S2/c1-22(32(44)40-23(2)34(45)46)39-13-16-47-30-11-7-26(8-12-30)35(27(19-38)17-25(18-37)31(42-35)43-14-3-4-15-43)49-21-29-20-48-33(41-29)24-5-9-28(36)10-6-24/h5-12,17,20,22-23,39,42H,3-4,13-16,21H2,1-2H3,(H,40,44)(H,45,46)/t22-,23-,35?/m0/s1. The Balaban J connectivity index is 1.34. The van der Waals surface area contributed by atoms with Gasteiger partial charge in [0.1, 0.15) is 40.2 Å². The molecule has 3 atom stereocenters. The van der Waals surface area contributed by atoms with Crippen LogP contribution in [0.3, 0.4) is 0 Å². The maximum Gasteiger partial charge on any atom is 0.325 e. The third kappa shape index (κ3) is 8.56. The van der Waals surface area contributed by atoms with E-state index in [-0.39, 0.29) is 6.61 Å². The van der Waals surface area contributed by atoms with Gasteiger partial charge in [0.05, 0.1) is 29.0 Å². The predicted molar refractivity (Wildman–Crippen MR) is 190 cm³/mol. The molecule has 1 aromatic heterocycles. The number of carboxylic acid groups (broad SMARTS) is 1. The van der Waals surface area contributed by atoms with Gasteiger partial charge in [0, 0.05) is 41.4 Å². The molecule has 1 fully saturated rings. The summed E-state index contributed by atoms with van der Waals surface area (Å²) in [7, 11) is 0. The molecule has 2 aliphatic heterocycles. The van der Waals surface area contributed by atoms with Gasteiger partial charge >= 0.3 is 5.97 Å². The van der Waals surface area contributed by atoms with E-state index in [0.717, 1.165) is 47.8 Å². The average molecular weight is 718 g/mol. The number of hydrogen-bond acceptors (Lipinski definition) is 11. The number of likely N-dealkylation sites (tertiary alicyclic amines) is 1. The number of carbonyl (C=O) groups is 2. The minimum atomic E-state index is -1.10. The third-order valence-corrected chi connectivity index (χ3v) is 10.8. The van der Waals surface area contributed by atoms with Crippen LogP contribution < -0.4 is 20.7 Å². The lowest BCUT2D eigenvalue weighted by molar-refractivity contribution is -0.141. The molecule has 1 amide bonds. The molecule has 0 radical (unpaired) electrons. The van der Waals surface area contributed by atoms with Gasteiger partial charge in [0.2, 0.25) is 5.91 Å². The topological polar surface area (TPSA) is 163 Å². The van der Waals surface area contributed by atoms with Crippen LogP contribution >= 0.6 is 34.7 Å². The summed E-state index contributed by atoms with van der Waals surface area (Å²) < 4.78 is 5.93. The number of nitrogens with zero attached hydrogens (tertiary/aromatic N) is 4. The van der Waals surface area contributed by atoms with Gasteiger partial charge in [0.15, 0.2) is 0 Å². The van der Waals surface area contributed by atoms with E-state index in [1.54, 1.807) is 24.3 Å². The van der Waals surface area contributed by atoms with E-state index >= 15 is 0 Å². The van der Waals surface area contributed by atoms with Gasteiger partial charge in [-0.1, -0.05) is 35.9 Å². The lowest BCUT2D eigenvalue weighted by atomic mass is 9.93. The molecule has 3 heterocycles. The molecule has 0 spiro atoms. The summed E-state index contributed by atoms with van der Waals surface area (Å²) in [5.74, 6) is 0.291. The van der Waals surface area contributed by atoms with Gasteiger partial charge in [-0.25, -0.2) is 4.98 Å². The fourth-order valence-corrected chi connectivity index (χ4v) is 7.73. The molecule has 49 heavy (non-hydrogen) atoms. The van der Waals surface area contributed by atoms with Crippen molar-refractivity contribution in [1.82, 2.24) is 25.8 Å². The first kappa shape index (κ1) is 35.8. The van der Waals surface area contributed by atoms with E-state index in [9.17, 15) is 20.1 Å². The molecule has 0 bridgehead atoms. The van der Waals surface area contributed by atoms with Crippen molar-refractivity contribution in [1.29, 1.82) is 10.5 Å². The fraction of sp³-hybridized carbons (Fsp3) is 0.343. The molecule has 4 N–H and O–H groups in total. The second-order valence-corrected chi connectivity index (χ2v) is 14.1. The number of dihydropyridines is 1. The summed E-state index contributed by atoms with van der Waals surface area (Å²) in [5, 5.41) is 42.2. The number of halogens is 1. The third-order valence-electron chi connectivity index (χ3n) is 8.16. The van der Waals surface area contributed by atoms with Crippen LogP contribution in [0.15, 0.2) is 77.0 Å². The number of aliphatic carboxylic acids is 1. The van der Waals surface area contributed by atoms with Crippen LogP contribution in [0, 0.1) is 22.7 Å². The Labute approximate surface area is 298 Å². The highest BCUT2D eigenvalue weighted by atomic mass is 35.5. The first-order valence-corrected chi connectivity index (χ1v) is 18.0. The van der Waals surface area contributed by atoms with E-state index in [2.05, 4.69) is 33.0 Å². The normalized spacial score (nSPS) is 18.5. The molecule has 254 valence electrons. The van der Waals surface area contributed by atoms with Crippen molar-refractivity contribution < 1.29 is 19.4 Å². The average Bonchev–Trinajstić information content (AvgIpc) is 3.82. The van der Waals surface area contributed by atoms with E-state index in [1.807, 2.05) is 53.9 Å². The Morgan fingerprint density at radius 3 is 2.49 bits per heavy atom. The van der Waals surface area contributed by atoms with E-state index < -0.39 is 28.8 Å². The first-order valence-electron chi connectivity index (χ1n) is 15.8. The van der Waals surface area contributed by atoms with Crippen LogP contribution in [0.5, 0.6) is 5.75 Å². The predicted octanol–water partition coefficient (Wildman–Crippen LogP) is 5.38. The lowest BCUT2D eigenvalue weighted by Gasteiger charge is -2.41. The number of allylic oxidation sites excluding steroid dienone is 2. The summed E-state index contributed by atoms with van der Waals surface area (Å²) in [4.78, 5) is 29.3. The highest BCUT2D eigenvalue weighted by molar-refractivity contribution is 7.99. The van der Waals surface area contributed by atoms with Gasteiger partial charge in [-0.2, -0.15) is 10.5 Å². The molecule has 0 aliphatic carbocycles. The zero-order valence-corrected chi connectivity index (χ0v) is 29.4. The number of nitriles is 2. The minimum absolute atomic E-state index is 0.264. The maximum absolute atomic E-state index is 12.2. The van der Waals surface area contributed by atoms with Crippen LogP contribution in [0.1, 0.15) is 37.9 Å². The highest BCUT2D eigenvalue weighted by Gasteiger charge is 2.43. The number of aromatic nitrogens is 1. The zero-order chi connectivity index (χ0) is 35.0. The van der Waals surface area contributed by atoms with Crippen molar-refractivity contribution in [2.24, 2.45) is 0 Å². The van der Waals surface area contributed by atoms with Crippen LogP contribution in [0.2, 0.25) is 5.02 Å². The summed E-state index contributed by atoms with van der Waals surface area (Å²) >= 11 is 9.16. The summed E-state index contributed by atoms with van der Waals surface area (Å²) in [6, 6.07) is 18.1. The smallest absolute Gasteiger partial charge is 0.325 e. The van der Waals surface area contributed by atoms with Gasteiger partial charge in [0.25, 0.3) is 0 Å². The summed E-state index contributed by atoms with van der Waals surface area (Å²) in [6.07, 6.45) is 3.75.